The van der Waals surface area contributed by atoms with E-state index in [0.717, 1.165) is 40.5 Å². The van der Waals surface area contributed by atoms with Crippen molar-refractivity contribution in [1.29, 1.82) is 0 Å². The molecule has 9 heteroatoms. The van der Waals surface area contributed by atoms with Crippen LogP contribution in [-0.2, 0) is 13.0 Å². The summed E-state index contributed by atoms with van der Waals surface area (Å²) in [5, 5.41) is 13.4. The number of benzene rings is 2. The fourth-order valence-corrected chi connectivity index (χ4v) is 6.00. The molecule has 5 aromatic rings. The smallest absolute Gasteiger partial charge is 0.270 e. The molecule has 3 heterocycles. The van der Waals surface area contributed by atoms with Crippen molar-refractivity contribution in [3.63, 3.8) is 0 Å². The zero-order valence-corrected chi connectivity index (χ0v) is 21.8. The van der Waals surface area contributed by atoms with Crippen molar-refractivity contribution in [1.82, 2.24) is 25.2 Å². The van der Waals surface area contributed by atoms with Crippen LogP contribution in [0.1, 0.15) is 73.0 Å². The van der Waals surface area contributed by atoms with Crippen LogP contribution in [0.15, 0.2) is 60.1 Å². The van der Waals surface area contributed by atoms with E-state index >= 15 is 0 Å². The third kappa shape index (κ3) is 4.24. The molecule has 0 unspecified atom stereocenters. The minimum Gasteiger partial charge on any atom is -0.347 e. The molecule has 0 aliphatic heterocycles. The summed E-state index contributed by atoms with van der Waals surface area (Å²) in [6.45, 7) is 3.87. The maximum absolute atomic E-state index is 13.5. The molecule has 1 atom stereocenters. The molecule has 38 heavy (non-hydrogen) atoms. The molecular formula is C29H25N5O3S. The van der Waals surface area contributed by atoms with Crippen LogP contribution in [0, 0.1) is 6.92 Å². The summed E-state index contributed by atoms with van der Waals surface area (Å²) in [6.07, 6.45) is 3.07. The van der Waals surface area contributed by atoms with Gasteiger partial charge in [-0.3, -0.25) is 14.4 Å². The lowest BCUT2D eigenvalue weighted by molar-refractivity contribution is 0.0927. The molecule has 2 N–H and O–H groups in total. The lowest BCUT2D eigenvalue weighted by Crippen LogP contribution is -2.30. The number of carbonyl (C=O) groups excluding carboxylic acids is 3. The Labute approximate surface area is 222 Å². The maximum atomic E-state index is 13.5. The van der Waals surface area contributed by atoms with Crippen LogP contribution in [0.25, 0.3) is 15.7 Å². The number of nitrogens with one attached hydrogen (secondary N) is 2. The molecule has 1 aliphatic carbocycles. The summed E-state index contributed by atoms with van der Waals surface area (Å²) in [6, 6.07) is 14.9. The topological polar surface area (TPSA) is 105 Å². The number of fused-ring (bicyclic) bond motifs is 3. The van der Waals surface area contributed by atoms with Gasteiger partial charge in [-0.05, 0) is 77.9 Å². The fraction of sp³-hybridized carbons (Fsp3) is 0.207. The average molecular weight is 524 g/mol. The van der Waals surface area contributed by atoms with Gasteiger partial charge in [0.25, 0.3) is 11.8 Å². The number of thiophene rings is 1. The van der Waals surface area contributed by atoms with Gasteiger partial charge in [-0.2, -0.15) is 5.10 Å². The molecule has 2 amide bonds. The Bertz CT molecular complexity index is 1750. The van der Waals surface area contributed by atoms with Crippen LogP contribution in [0.4, 0.5) is 0 Å². The number of rotatable bonds is 6. The first-order chi connectivity index (χ1) is 18.4. The van der Waals surface area contributed by atoms with E-state index < -0.39 is 0 Å². The molecule has 0 saturated heterocycles. The second-order valence-corrected chi connectivity index (χ2v) is 10.5. The SMILES string of the molecule is CC(=O)c1ccc2c(c1C)CC[C@@H]2NC(=O)c1cc(C(=O)NCc2ccc3sccc3c2)nc2ccnn12. The summed E-state index contributed by atoms with van der Waals surface area (Å²) in [5.41, 5.74) is 5.60. The van der Waals surface area contributed by atoms with Gasteiger partial charge in [0, 0.05) is 28.9 Å². The first-order valence-electron chi connectivity index (χ1n) is 12.4. The quantitative estimate of drug-likeness (QED) is 0.311. The summed E-state index contributed by atoms with van der Waals surface area (Å²) in [5.74, 6) is -0.676. The van der Waals surface area contributed by atoms with Crippen molar-refractivity contribution >= 4 is 44.7 Å². The number of Topliss-reactive ketones (excluding diaryl/α,β-unsaturated/α-hetero) is 1. The molecule has 0 spiro atoms. The van der Waals surface area contributed by atoms with E-state index in [0.29, 0.717) is 17.8 Å². The Hall–Kier alpha value is -4.37. The number of aromatic nitrogens is 3. The van der Waals surface area contributed by atoms with Gasteiger partial charge in [-0.1, -0.05) is 18.2 Å². The predicted molar refractivity (Wildman–Crippen MR) is 146 cm³/mol. The highest BCUT2D eigenvalue weighted by Crippen LogP contribution is 2.35. The van der Waals surface area contributed by atoms with Gasteiger partial charge in [-0.25, -0.2) is 9.50 Å². The summed E-state index contributed by atoms with van der Waals surface area (Å²) >= 11 is 1.68. The molecule has 8 nitrogen and oxygen atoms in total. The Kier molecular flexibility index (Phi) is 6.00. The van der Waals surface area contributed by atoms with E-state index in [4.69, 9.17) is 0 Å². The van der Waals surface area contributed by atoms with Gasteiger partial charge in [0.2, 0.25) is 0 Å². The Morgan fingerprint density at radius 2 is 1.95 bits per heavy atom. The lowest BCUT2D eigenvalue weighted by Gasteiger charge is -2.16. The second-order valence-electron chi connectivity index (χ2n) is 9.53. The molecule has 0 fully saturated rings. The van der Waals surface area contributed by atoms with Crippen LogP contribution in [-0.4, -0.2) is 32.2 Å². The van der Waals surface area contributed by atoms with E-state index in [2.05, 4.69) is 32.8 Å². The average Bonchev–Trinajstić information content (AvgIpc) is 3.66. The summed E-state index contributed by atoms with van der Waals surface area (Å²) < 4.78 is 2.64. The van der Waals surface area contributed by atoms with Gasteiger partial charge in [0.05, 0.1) is 12.2 Å². The predicted octanol–water partition coefficient (Wildman–Crippen LogP) is 4.80. The van der Waals surface area contributed by atoms with Crippen LogP contribution >= 0.6 is 11.3 Å². The van der Waals surface area contributed by atoms with E-state index in [-0.39, 0.29) is 35.0 Å². The van der Waals surface area contributed by atoms with E-state index in [1.54, 1.807) is 30.5 Å². The third-order valence-electron chi connectivity index (χ3n) is 7.17. The third-order valence-corrected chi connectivity index (χ3v) is 8.07. The van der Waals surface area contributed by atoms with Crippen molar-refractivity contribution < 1.29 is 14.4 Å². The molecule has 0 bridgehead atoms. The number of carbonyl (C=O) groups is 3. The van der Waals surface area contributed by atoms with Crippen molar-refractivity contribution in [2.75, 3.05) is 0 Å². The number of hydrogen-bond donors (Lipinski definition) is 2. The fourth-order valence-electron chi connectivity index (χ4n) is 5.23. The van der Waals surface area contributed by atoms with E-state index in [9.17, 15) is 14.4 Å². The molecule has 0 saturated carbocycles. The van der Waals surface area contributed by atoms with Crippen molar-refractivity contribution in [3.8, 4) is 0 Å². The number of amides is 2. The summed E-state index contributed by atoms with van der Waals surface area (Å²) in [4.78, 5) is 42.9. The normalized spacial score (nSPS) is 14.5. The van der Waals surface area contributed by atoms with Crippen molar-refractivity contribution in [3.05, 3.63) is 99.3 Å². The standard InChI is InChI=1S/C29H25N5O3S/c1-16-20(17(2)35)4-5-22-21(16)6-7-23(22)33-29(37)25-14-24(32-27-9-11-31-34(25)27)28(36)30-15-18-3-8-26-19(13-18)10-12-38-26/h3-5,8-14,23H,6-7,15H2,1-2H3,(H,30,36)(H,33,37)/t23-/m0/s1. The van der Waals surface area contributed by atoms with Gasteiger partial charge >= 0.3 is 0 Å². The Morgan fingerprint density at radius 3 is 2.79 bits per heavy atom. The van der Waals surface area contributed by atoms with E-state index in [1.165, 1.54) is 15.3 Å². The molecule has 0 radical (unpaired) electrons. The minimum atomic E-state index is -0.369. The highest BCUT2D eigenvalue weighted by atomic mass is 32.1. The van der Waals surface area contributed by atoms with Gasteiger partial charge < -0.3 is 10.6 Å². The molecule has 3 aromatic heterocycles. The van der Waals surface area contributed by atoms with Gasteiger partial charge in [-0.15, -0.1) is 11.3 Å². The maximum Gasteiger partial charge on any atom is 0.270 e. The van der Waals surface area contributed by atoms with Crippen LogP contribution in [0.2, 0.25) is 0 Å². The van der Waals surface area contributed by atoms with E-state index in [1.807, 2.05) is 36.6 Å². The molecule has 1 aliphatic rings. The van der Waals surface area contributed by atoms with Crippen LogP contribution in [0.5, 0.6) is 0 Å². The molecule has 2 aromatic carbocycles. The molecular weight excluding hydrogens is 498 g/mol. The zero-order valence-electron chi connectivity index (χ0n) is 20.9. The summed E-state index contributed by atoms with van der Waals surface area (Å²) in [7, 11) is 0. The molecule has 190 valence electrons. The lowest BCUT2D eigenvalue weighted by atomic mass is 9.96. The Balaban J connectivity index is 1.23. The second kappa shape index (κ2) is 9.50. The largest absolute Gasteiger partial charge is 0.347 e. The van der Waals surface area contributed by atoms with Crippen molar-refractivity contribution in [2.24, 2.45) is 0 Å². The van der Waals surface area contributed by atoms with Crippen LogP contribution in [0.3, 0.4) is 0 Å². The molecule has 6 rings (SSSR count). The zero-order chi connectivity index (χ0) is 26.4. The van der Waals surface area contributed by atoms with Crippen molar-refractivity contribution in [2.45, 2.75) is 39.3 Å². The monoisotopic (exact) mass is 523 g/mol. The minimum absolute atomic E-state index is 0.0356. The number of nitrogens with zero attached hydrogens (tertiary/aromatic N) is 3. The highest BCUT2D eigenvalue weighted by molar-refractivity contribution is 7.17. The van der Waals surface area contributed by atoms with Gasteiger partial charge in [0.15, 0.2) is 11.4 Å². The number of hydrogen-bond acceptors (Lipinski definition) is 6. The Morgan fingerprint density at radius 1 is 1.08 bits per heavy atom. The first kappa shape index (κ1) is 24.0. The highest BCUT2D eigenvalue weighted by Gasteiger charge is 2.28. The number of ketones is 1. The first-order valence-corrected chi connectivity index (χ1v) is 13.3. The van der Waals surface area contributed by atoms with Gasteiger partial charge in [0.1, 0.15) is 11.4 Å². The van der Waals surface area contributed by atoms with Crippen LogP contribution < -0.4 is 10.6 Å².